The van der Waals surface area contributed by atoms with Crippen molar-refractivity contribution >= 4 is 29.3 Å². The molecule has 0 saturated carbocycles. The number of carbonyl (C=O) groups is 1. The van der Waals surface area contributed by atoms with Crippen molar-refractivity contribution < 1.29 is 4.79 Å². The first-order chi connectivity index (χ1) is 9.10. The summed E-state index contributed by atoms with van der Waals surface area (Å²) in [7, 11) is 0. The van der Waals surface area contributed by atoms with E-state index in [2.05, 4.69) is 9.97 Å². The fourth-order valence-electron chi connectivity index (χ4n) is 2.23. The number of amides is 1. The molecule has 0 spiro atoms. The van der Waals surface area contributed by atoms with E-state index >= 15 is 0 Å². The van der Waals surface area contributed by atoms with E-state index in [1.54, 1.807) is 15.7 Å². The Kier molecular flexibility index (Phi) is 3.99. The number of hydrogen-bond acceptors (Lipinski definition) is 3. The maximum Gasteiger partial charge on any atom is 0.245 e. The quantitative estimate of drug-likeness (QED) is 0.874. The number of fused-ring (bicyclic) bond motifs is 1. The lowest BCUT2D eigenvalue weighted by Gasteiger charge is -2.23. The van der Waals surface area contributed by atoms with Crippen LogP contribution in [0, 0.1) is 4.77 Å². The molecule has 1 unspecified atom stereocenters. The molecule has 2 rings (SSSR count). The molecule has 0 fully saturated rings. The molecule has 6 heteroatoms. The molecule has 0 bridgehead atoms. The summed E-state index contributed by atoms with van der Waals surface area (Å²) in [5.41, 5.74) is 1.58. The van der Waals surface area contributed by atoms with Gasteiger partial charge in [0, 0.05) is 19.3 Å². The van der Waals surface area contributed by atoms with Crippen LogP contribution in [-0.4, -0.2) is 38.4 Å². The maximum absolute atomic E-state index is 12.4. The zero-order valence-electron chi connectivity index (χ0n) is 11.4. The number of carbonyl (C=O) groups excluding carboxylic acids is 1. The highest BCUT2D eigenvalue weighted by Gasteiger charge is 2.22. The molecular weight excluding hydrogens is 260 g/mol. The molecule has 0 radical (unpaired) electrons. The molecule has 102 valence electrons. The van der Waals surface area contributed by atoms with Crippen molar-refractivity contribution in [1.82, 2.24) is 19.4 Å². The molecule has 5 nitrogen and oxygen atoms in total. The van der Waals surface area contributed by atoms with Crippen molar-refractivity contribution in [3.63, 3.8) is 0 Å². The van der Waals surface area contributed by atoms with Crippen molar-refractivity contribution in [2.45, 2.75) is 26.8 Å². The highest BCUT2D eigenvalue weighted by atomic mass is 32.1. The zero-order chi connectivity index (χ0) is 14.0. The molecule has 2 aromatic rings. The number of hydrogen-bond donors (Lipinski definition) is 1. The van der Waals surface area contributed by atoms with Gasteiger partial charge in [0.2, 0.25) is 5.91 Å². The Morgan fingerprint density at radius 3 is 2.84 bits per heavy atom. The highest BCUT2D eigenvalue weighted by Crippen LogP contribution is 2.18. The summed E-state index contributed by atoms with van der Waals surface area (Å²) in [6.07, 6.45) is 1.70. The Labute approximate surface area is 117 Å². The fraction of sp³-hybridized carbons (Fsp3) is 0.462. The van der Waals surface area contributed by atoms with Gasteiger partial charge in [0.05, 0.1) is 5.52 Å². The van der Waals surface area contributed by atoms with Crippen LogP contribution in [0.1, 0.15) is 26.8 Å². The first-order valence-corrected chi connectivity index (χ1v) is 6.85. The summed E-state index contributed by atoms with van der Waals surface area (Å²) in [6.45, 7) is 7.20. The Balaban J connectivity index is 2.47. The molecule has 0 aliphatic carbocycles. The van der Waals surface area contributed by atoms with E-state index < -0.39 is 0 Å². The third-order valence-electron chi connectivity index (χ3n) is 3.30. The van der Waals surface area contributed by atoms with Crippen molar-refractivity contribution in [1.29, 1.82) is 0 Å². The predicted octanol–water partition coefficient (Wildman–Crippen LogP) is 2.52. The van der Waals surface area contributed by atoms with Crippen molar-refractivity contribution in [3.05, 3.63) is 23.1 Å². The van der Waals surface area contributed by atoms with Crippen molar-refractivity contribution in [2.24, 2.45) is 0 Å². The van der Waals surface area contributed by atoms with Crippen LogP contribution in [0.3, 0.4) is 0 Å². The van der Waals surface area contributed by atoms with E-state index in [1.807, 2.05) is 32.9 Å². The SMILES string of the molecule is CCN(CC)C(=O)C(C)n1c(=S)[nH]c2cccnc21. The third-order valence-corrected chi connectivity index (χ3v) is 3.59. The molecular formula is C13H18N4OS. The number of imidazole rings is 1. The van der Waals surface area contributed by atoms with Crippen molar-refractivity contribution in [3.8, 4) is 0 Å². The van der Waals surface area contributed by atoms with Crippen LogP contribution in [0.25, 0.3) is 11.2 Å². The first kappa shape index (κ1) is 13.7. The van der Waals surface area contributed by atoms with E-state index in [4.69, 9.17) is 12.2 Å². The van der Waals surface area contributed by atoms with Gasteiger partial charge in [-0.1, -0.05) is 0 Å². The predicted molar refractivity (Wildman–Crippen MR) is 77.6 cm³/mol. The third kappa shape index (κ3) is 2.40. The highest BCUT2D eigenvalue weighted by molar-refractivity contribution is 7.71. The van der Waals surface area contributed by atoms with Crippen LogP contribution < -0.4 is 0 Å². The molecule has 0 saturated heterocycles. The number of rotatable bonds is 4. The van der Waals surface area contributed by atoms with Gasteiger partial charge >= 0.3 is 0 Å². The lowest BCUT2D eigenvalue weighted by Crippen LogP contribution is -2.36. The number of likely N-dealkylation sites (N-methyl/N-ethyl adjacent to an activating group) is 1. The van der Waals surface area contributed by atoms with E-state index in [0.29, 0.717) is 17.9 Å². The van der Waals surface area contributed by atoms with Crippen LogP contribution in [0.2, 0.25) is 0 Å². The van der Waals surface area contributed by atoms with Crippen LogP contribution in [0.15, 0.2) is 18.3 Å². The summed E-state index contributed by atoms with van der Waals surface area (Å²) in [5.74, 6) is 0.0626. The van der Waals surface area contributed by atoms with Gasteiger partial charge in [-0.25, -0.2) is 4.98 Å². The largest absolute Gasteiger partial charge is 0.341 e. The molecule has 2 heterocycles. The number of aromatic amines is 1. The topological polar surface area (TPSA) is 53.9 Å². The van der Waals surface area contributed by atoms with Gasteiger partial charge in [-0.3, -0.25) is 9.36 Å². The van der Waals surface area contributed by atoms with Gasteiger partial charge in [0.25, 0.3) is 0 Å². The number of H-pyrrole nitrogens is 1. The molecule has 0 aliphatic heterocycles. The van der Waals surface area contributed by atoms with Crippen molar-refractivity contribution in [2.75, 3.05) is 13.1 Å². The Morgan fingerprint density at radius 1 is 1.53 bits per heavy atom. The number of nitrogens with one attached hydrogen (secondary N) is 1. The zero-order valence-corrected chi connectivity index (χ0v) is 12.2. The summed E-state index contributed by atoms with van der Waals surface area (Å²) in [6, 6.07) is 3.40. The van der Waals surface area contributed by atoms with Gasteiger partial charge in [-0.15, -0.1) is 0 Å². The fourth-order valence-corrected chi connectivity index (χ4v) is 2.58. The Morgan fingerprint density at radius 2 is 2.21 bits per heavy atom. The second-order valence-electron chi connectivity index (χ2n) is 4.36. The molecule has 0 aliphatic rings. The average Bonchev–Trinajstić information content (AvgIpc) is 2.75. The average molecular weight is 278 g/mol. The Bertz CT molecular complexity index is 641. The second kappa shape index (κ2) is 5.52. The lowest BCUT2D eigenvalue weighted by atomic mass is 10.2. The monoisotopic (exact) mass is 278 g/mol. The molecule has 1 amide bonds. The number of aromatic nitrogens is 3. The summed E-state index contributed by atoms with van der Waals surface area (Å²) in [4.78, 5) is 21.6. The smallest absolute Gasteiger partial charge is 0.245 e. The van der Waals surface area contributed by atoms with Gasteiger partial charge in [0.15, 0.2) is 10.4 Å². The minimum Gasteiger partial charge on any atom is -0.341 e. The summed E-state index contributed by atoms with van der Waals surface area (Å²) >= 11 is 5.30. The van der Waals surface area contributed by atoms with Crippen LogP contribution >= 0.6 is 12.2 Å². The van der Waals surface area contributed by atoms with Gasteiger partial charge in [0.1, 0.15) is 6.04 Å². The molecule has 0 aromatic carbocycles. The van der Waals surface area contributed by atoms with E-state index in [9.17, 15) is 4.79 Å². The summed E-state index contributed by atoms with van der Waals surface area (Å²) < 4.78 is 2.31. The minimum atomic E-state index is -0.351. The van der Waals surface area contributed by atoms with E-state index in [0.717, 1.165) is 11.2 Å². The van der Waals surface area contributed by atoms with Crippen LogP contribution in [0.4, 0.5) is 0 Å². The minimum absolute atomic E-state index is 0.0626. The van der Waals surface area contributed by atoms with E-state index in [-0.39, 0.29) is 11.9 Å². The second-order valence-corrected chi connectivity index (χ2v) is 4.75. The van der Waals surface area contributed by atoms with Crippen LogP contribution in [0.5, 0.6) is 0 Å². The first-order valence-electron chi connectivity index (χ1n) is 6.44. The molecule has 1 atom stereocenters. The standard InChI is InChI=1S/C13H18N4OS/c1-4-16(5-2)12(18)9(3)17-11-10(15-13(17)19)7-6-8-14-11/h6-9H,4-5H2,1-3H3,(H,15,19). The molecule has 19 heavy (non-hydrogen) atoms. The molecule has 2 aromatic heterocycles. The molecule has 1 N–H and O–H groups in total. The van der Waals surface area contributed by atoms with Gasteiger partial charge in [-0.05, 0) is 45.1 Å². The summed E-state index contributed by atoms with van der Waals surface area (Å²) in [5, 5.41) is 0. The van der Waals surface area contributed by atoms with E-state index in [1.165, 1.54) is 0 Å². The number of pyridine rings is 1. The normalized spacial score (nSPS) is 12.6. The Hall–Kier alpha value is -1.69. The number of nitrogens with zero attached hydrogens (tertiary/aromatic N) is 3. The lowest BCUT2D eigenvalue weighted by molar-refractivity contribution is -0.133. The van der Waals surface area contributed by atoms with Gasteiger partial charge in [-0.2, -0.15) is 0 Å². The maximum atomic E-state index is 12.4. The van der Waals surface area contributed by atoms with Crippen LogP contribution in [-0.2, 0) is 4.79 Å². The van der Waals surface area contributed by atoms with Gasteiger partial charge < -0.3 is 9.88 Å².